The van der Waals surface area contributed by atoms with Crippen molar-refractivity contribution in [3.63, 3.8) is 0 Å². The smallest absolute Gasteiger partial charge is 0.310 e. The molecule has 112 valence electrons. The van der Waals surface area contributed by atoms with Gasteiger partial charge in [-0.2, -0.15) is 0 Å². The predicted octanol–water partition coefficient (Wildman–Crippen LogP) is 2.90. The molecule has 0 saturated carbocycles. The van der Waals surface area contributed by atoms with Crippen molar-refractivity contribution < 1.29 is 24.2 Å². The third-order valence-corrected chi connectivity index (χ3v) is 3.00. The highest BCUT2D eigenvalue weighted by atomic mass is 19.1. The van der Waals surface area contributed by atoms with Gasteiger partial charge in [0.05, 0.1) is 11.8 Å². The number of carbonyl (C=O) groups is 2. The third kappa shape index (κ3) is 5.60. The maximum absolute atomic E-state index is 12.8. The topological polar surface area (TPSA) is 74.6 Å². The Hall–Kier alpha value is -2.43. The van der Waals surface area contributed by atoms with Gasteiger partial charge in [-0.15, -0.1) is 6.58 Å². The Bertz CT molecular complexity index is 534. The Balaban J connectivity index is 2.81. The number of carboxylic acids is 2. The Morgan fingerprint density at radius 1 is 1.10 bits per heavy atom. The van der Waals surface area contributed by atoms with E-state index in [1.54, 1.807) is 0 Å². The van der Waals surface area contributed by atoms with E-state index in [4.69, 9.17) is 5.11 Å². The molecule has 0 bridgehead atoms. The molecule has 0 aliphatic rings. The first kappa shape index (κ1) is 16.6. The number of aliphatic carboxylic acids is 2. The number of carboxylic acid groups (broad SMARTS) is 2. The summed E-state index contributed by atoms with van der Waals surface area (Å²) >= 11 is 0. The Kier molecular flexibility index (Phi) is 6.33. The molecule has 4 nitrogen and oxygen atoms in total. The van der Waals surface area contributed by atoms with Gasteiger partial charge < -0.3 is 10.2 Å². The second-order valence-electron chi connectivity index (χ2n) is 4.63. The number of halogens is 1. The summed E-state index contributed by atoms with van der Waals surface area (Å²) in [5, 5.41) is 18.2. The summed E-state index contributed by atoms with van der Waals surface area (Å²) in [4.78, 5) is 22.2. The van der Waals surface area contributed by atoms with Crippen molar-refractivity contribution in [1.29, 1.82) is 0 Å². The molecule has 0 spiro atoms. The predicted molar refractivity (Wildman–Crippen MR) is 76.3 cm³/mol. The number of benzene rings is 1. The lowest BCUT2D eigenvalue weighted by Gasteiger charge is -2.09. The molecular formula is C16H17FO4. The molecule has 2 N–H and O–H groups in total. The molecule has 1 rings (SSSR count). The van der Waals surface area contributed by atoms with Gasteiger partial charge in [0.1, 0.15) is 5.82 Å². The zero-order chi connectivity index (χ0) is 15.8. The molecule has 0 fully saturated rings. The molecule has 1 aromatic rings. The van der Waals surface area contributed by atoms with Crippen LogP contribution in [0.3, 0.4) is 0 Å². The summed E-state index contributed by atoms with van der Waals surface area (Å²) in [6.45, 7) is 3.47. The normalized spacial score (nSPS) is 13.8. The van der Waals surface area contributed by atoms with E-state index >= 15 is 0 Å². The number of allylic oxidation sites excluding steroid dienone is 1. The lowest BCUT2D eigenvalue weighted by atomic mass is 9.96. The summed E-state index contributed by atoms with van der Waals surface area (Å²) in [5.74, 6) is -4.13. The van der Waals surface area contributed by atoms with Gasteiger partial charge in [0.15, 0.2) is 0 Å². The number of rotatable bonds is 8. The van der Waals surface area contributed by atoms with Crippen LogP contribution in [0.4, 0.5) is 4.39 Å². The summed E-state index contributed by atoms with van der Waals surface area (Å²) in [5.41, 5.74) is 0.670. The summed E-state index contributed by atoms with van der Waals surface area (Å²) in [7, 11) is 0. The van der Waals surface area contributed by atoms with Crippen LogP contribution in [0.5, 0.6) is 0 Å². The molecule has 0 aliphatic carbocycles. The van der Waals surface area contributed by atoms with Gasteiger partial charge >= 0.3 is 11.9 Å². The molecule has 0 heterocycles. The van der Waals surface area contributed by atoms with E-state index in [-0.39, 0.29) is 12.8 Å². The maximum Gasteiger partial charge on any atom is 0.310 e. The highest BCUT2D eigenvalue weighted by molar-refractivity contribution is 5.74. The standard InChI is InChI=1S/C16H17FO4/c1-2-3-12(15(18)19)6-7-13(16(20)21)10-11-4-8-14(17)9-5-11/h2,4-9,12-13H,1,3,10H2,(H,18,19)(H,20,21)/b7-6+/t12-,13+/m0/s1. The van der Waals surface area contributed by atoms with Crippen LogP contribution in [-0.4, -0.2) is 22.2 Å². The van der Waals surface area contributed by atoms with Crippen molar-refractivity contribution in [2.24, 2.45) is 11.8 Å². The Morgan fingerprint density at radius 3 is 2.10 bits per heavy atom. The molecule has 0 saturated heterocycles. The molecule has 21 heavy (non-hydrogen) atoms. The fraction of sp³-hybridized carbons (Fsp3) is 0.250. The van der Waals surface area contributed by atoms with Gasteiger partial charge in [0, 0.05) is 0 Å². The van der Waals surface area contributed by atoms with Gasteiger partial charge in [0.25, 0.3) is 0 Å². The Labute approximate surface area is 122 Å². The van der Waals surface area contributed by atoms with E-state index < -0.39 is 29.6 Å². The van der Waals surface area contributed by atoms with E-state index in [2.05, 4.69) is 6.58 Å². The summed E-state index contributed by atoms with van der Waals surface area (Å²) in [6.07, 6.45) is 4.61. The second-order valence-corrected chi connectivity index (χ2v) is 4.63. The van der Waals surface area contributed by atoms with E-state index in [1.165, 1.54) is 42.5 Å². The quantitative estimate of drug-likeness (QED) is 0.722. The van der Waals surface area contributed by atoms with E-state index in [0.29, 0.717) is 5.56 Å². The molecule has 5 heteroatoms. The van der Waals surface area contributed by atoms with Gasteiger partial charge in [-0.25, -0.2) is 4.39 Å². The first-order valence-electron chi connectivity index (χ1n) is 6.43. The highest BCUT2D eigenvalue weighted by Gasteiger charge is 2.17. The largest absolute Gasteiger partial charge is 0.481 e. The van der Waals surface area contributed by atoms with Crippen LogP contribution in [-0.2, 0) is 16.0 Å². The lowest BCUT2D eigenvalue weighted by Crippen LogP contribution is -2.16. The fourth-order valence-electron chi connectivity index (χ4n) is 1.82. The Morgan fingerprint density at radius 2 is 1.62 bits per heavy atom. The third-order valence-electron chi connectivity index (χ3n) is 3.00. The lowest BCUT2D eigenvalue weighted by molar-refractivity contribution is -0.141. The van der Waals surface area contributed by atoms with Crippen molar-refractivity contribution >= 4 is 11.9 Å². The highest BCUT2D eigenvalue weighted by Crippen LogP contribution is 2.14. The number of hydrogen-bond acceptors (Lipinski definition) is 2. The molecule has 0 radical (unpaired) electrons. The molecule has 0 aliphatic heterocycles. The minimum absolute atomic E-state index is 0.173. The monoisotopic (exact) mass is 292 g/mol. The van der Waals surface area contributed by atoms with Gasteiger partial charge in [-0.3, -0.25) is 9.59 Å². The number of hydrogen-bond donors (Lipinski definition) is 2. The van der Waals surface area contributed by atoms with Crippen LogP contribution < -0.4 is 0 Å². The molecule has 0 unspecified atom stereocenters. The molecule has 1 aromatic carbocycles. The van der Waals surface area contributed by atoms with Crippen LogP contribution in [0.25, 0.3) is 0 Å². The minimum Gasteiger partial charge on any atom is -0.481 e. The second kappa shape index (κ2) is 7.99. The molecule has 0 aromatic heterocycles. The minimum atomic E-state index is -1.06. The van der Waals surface area contributed by atoms with Gasteiger partial charge in [-0.1, -0.05) is 30.4 Å². The van der Waals surface area contributed by atoms with Crippen LogP contribution in [0.2, 0.25) is 0 Å². The van der Waals surface area contributed by atoms with Gasteiger partial charge in [-0.05, 0) is 30.5 Å². The van der Waals surface area contributed by atoms with E-state index in [9.17, 15) is 19.1 Å². The molecule has 2 atom stereocenters. The molecule has 0 amide bonds. The average molecular weight is 292 g/mol. The van der Waals surface area contributed by atoms with Crippen molar-refractivity contribution in [3.05, 3.63) is 60.5 Å². The summed E-state index contributed by atoms with van der Waals surface area (Å²) < 4.78 is 12.8. The van der Waals surface area contributed by atoms with Gasteiger partial charge in [0.2, 0.25) is 0 Å². The van der Waals surface area contributed by atoms with Crippen molar-refractivity contribution in [3.8, 4) is 0 Å². The SMILES string of the molecule is C=CC[C@@H](/C=C/[C@H](Cc1ccc(F)cc1)C(=O)O)C(=O)O. The maximum atomic E-state index is 12.8. The first-order valence-corrected chi connectivity index (χ1v) is 6.43. The van der Waals surface area contributed by atoms with Crippen molar-refractivity contribution in [1.82, 2.24) is 0 Å². The van der Waals surface area contributed by atoms with Crippen molar-refractivity contribution in [2.75, 3.05) is 0 Å². The van der Waals surface area contributed by atoms with E-state index in [0.717, 1.165) is 0 Å². The van der Waals surface area contributed by atoms with Crippen LogP contribution >= 0.6 is 0 Å². The van der Waals surface area contributed by atoms with Crippen molar-refractivity contribution in [2.45, 2.75) is 12.8 Å². The fourth-order valence-corrected chi connectivity index (χ4v) is 1.82. The summed E-state index contributed by atoms with van der Waals surface area (Å²) in [6, 6.07) is 5.54. The molecular weight excluding hydrogens is 275 g/mol. The first-order chi connectivity index (χ1) is 9.93. The zero-order valence-corrected chi connectivity index (χ0v) is 11.4. The average Bonchev–Trinajstić information content (AvgIpc) is 2.43. The zero-order valence-electron chi connectivity index (χ0n) is 11.4. The van der Waals surface area contributed by atoms with Crippen LogP contribution in [0.15, 0.2) is 49.1 Å². The van der Waals surface area contributed by atoms with Crippen LogP contribution in [0.1, 0.15) is 12.0 Å². The van der Waals surface area contributed by atoms with Crippen LogP contribution in [0, 0.1) is 17.7 Å². The van der Waals surface area contributed by atoms with E-state index in [1.807, 2.05) is 0 Å².